The van der Waals surface area contributed by atoms with Gasteiger partial charge in [0.1, 0.15) is 11.9 Å². The molecule has 0 bridgehead atoms. The van der Waals surface area contributed by atoms with E-state index in [-0.39, 0.29) is 11.9 Å². The molecule has 1 aromatic carbocycles. The summed E-state index contributed by atoms with van der Waals surface area (Å²) in [6.07, 6.45) is 5.38. The third kappa shape index (κ3) is 2.41. The zero-order chi connectivity index (χ0) is 17.7. The van der Waals surface area contributed by atoms with Crippen LogP contribution in [0.5, 0.6) is 0 Å². The number of aromatic nitrogens is 2. The van der Waals surface area contributed by atoms with Crippen LogP contribution in [-0.4, -0.2) is 45.9 Å². The van der Waals surface area contributed by atoms with Gasteiger partial charge in [0.2, 0.25) is 5.91 Å². The van der Waals surface area contributed by atoms with Crippen molar-refractivity contribution in [3.05, 3.63) is 41.6 Å². The zero-order valence-corrected chi connectivity index (χ0v) is 15.2. The lowest BCUT2D eigenvalue weighted by Crippen LogP contribution is -2.59. The van der Waals surface area contributed by atoms with Crippen LogP contribution < -0.4 is 4.90 Å². The van der Waals surface area contributed by atoms with E-state index in [1.807, 2.05) is 25.1 Å². The maximum Gasteiger partial charge on any atom is 0.245 e. The summed E-state index contributed by atoms with van der Waals surface area (Å²) in [5.74, 6) is 2.04. The fourth-order valence-corrected chi connectivity index (χ4v) is 4.71. The van der Waals surface area contributed by atoms with Crippen LogP contribution in [0, 0.1) is 0 Å². The summed E-state index contributed by atoms with van der Waals surface area (Å²) in [7, 11) is 0. The van der Waals surface area contributed by atoms with Crippen molar-refractivity contribution in [1.29, 1.82) is 0 Å². The first-order chi connectivity index (χ1) is 12.7. The van der Waals surface area contributed by atoms with Gasteiger partial charge in [-0.1, -0.05) is 30.3 Å². The summed E-state index contributed by atoms with van der Waals surface area (Å²) in [6, 6.07) is 10.4. The van der Waals surface area contributed by atoms with Crippen LogP contribution >= 0.6 is 0 Å². The molecule has 5 heteroatoms. The fourth-order valence-electron chi connectivity index (χ4n) is 4.71. The number of hydrogen-bond acceptors (Lipinski definition) is 4. The summed E-state index contributed by atoms with van der Waals surface area (Å²) in [5.41, 5.74) is 3.47. The van der Waals surface area contributed by atoms with Crippen LogP contribution in [0.2, 0.25) is 0 Å². The van der Waals surface area contributed by atoms with Crippen molar-refractivity contribution < 1.29 is 4.79 Å². The molecule has 26 heavy (non-hydrogen) atoms. The molecule has 2 aromatic rings. The second-order valence-corrected chi connectivity index (χ2v) is 7.67. The molecule has 3 heterocycles. The minimum absolute atomic E-state index is 0.146. The molecule has 5 rings (SSSR count). The first-order valence-corrected chi connectivity index (χ1v) is 9.74. The van der Waals surface area contributed by atoms with E-state index in [2.05, 4.69) is 21.9 Å². The SMILES string of the molecule is C[C@H]1C(=O)N2CCC[C@@H]2CN1c1nc(-c2ccccc2)nc2c1CCC2. The Hall–Kier alpha value is -2.43. The summed E-state index contributed by atoms with van der Waals surface area (Å²) in [5, 5.41) is 0. The lowest BCUT2D eigenvalue weighted by atomic mass is 10.1. The van der Waals surface area contributed by atoms with Crippen molar-refractivity contribution >= 4 is 11.7 Å². The van der Waals surface area contributed by atoms with Crippen LogP contribution in [0.15, 0.2) is 30.3 Å². The molecular formula is C21H24N4O. The number of rotatable bonds is 2. The number of carbonyl (C=O) groups is 1. The Morgan fingerprint density at radius 1 is 1.04 bits per heavy atom. The van der Waals surface area contributed by atoms with Gasteiger partial charge < -0.3 is 9.80 Å². The summed E-state index contributed by atoms with van der Waals surface area (Å²) < 4.78 is 0. The molecule has 134 valence electrons. The number of fused-ring (bicyclic) bond motifs is 2. The highest BCUT2D eigenvalue weighted by molar-refractivity contribution is 5.87. The Morgan fingerprint density at radius 3 is 2.73 bits per heavy atom. The van der Waals surface area contributed by atoms with E-state index >= 15 is 0 Å². The molecule has 2 saturated heterocycles. The van der Waals surface area contributed by atoms with Crippen molar-refractivity contribution in [3.63, 3.8) is 0 Å². The van der Waals surface area contributed by atoms with Crippen LogP contribution in [-0.2, 0) is 17.6 Å². The Kier molecular flexibility index (Phi) is 3.69. The van der Waals surface area contributed by atoms with Gasteiger partial charge in [0.25, 0.3) is 0 Å². The molecule has 0 saturated carbocycles. The molecule has 0 unspecified atom stereocenters. The van der Waals surface area contributed by atoms with Gasteiger partial charge in [-0.25, -0.2) is 9.97 Å². The van der Waals surface area contributed by atoms with Crippen molar-refractivity contribution in [2.45, 2.75) is 51.1 Å². The second kappa shape index (κ2) is 6.08. The van der Waals surface area contributed by atoms with Gasteiger partial charge in [0.05, 0.1) is 0 Å². The number of benzene rings is 1. The van der Waals surface area contributed by atoms with Gasteiger partial charge in [-0.15, -0.1) is 0 Å². The van der Waals surface area contributed by atoms with Gasteiger partial charge in [-0.3, -0.25) is 4.79 Å². The standard InChI is InChI=1S/C21H24N4O/c1-14-21(26)24-12-6-9-16(24)13-25(14)20-17-10-5-11-18(17)22-19(23-20)15-7-3-2-4-8-15/h2-4,7-8,14,16H,5-6,9-13H2,1H3/t14-,16+/m0/s1. The summed E-state index contributed by atoms with van der Waals surface area (Å²) in [4.78, 5) is 27.1. The number of aryl methyl sites for hydroxylation is 1. The fraction of sp³-hybridized carbons (Fsp3) is 0.476. The molecule has 2 fully saturated rings. The van der Waals surface area contributed by atoms with Crippen molar-refractivity contribution in [2.75, 3.05) is 18.0 Å². The number of carbonyl (C=O) groups excluding carboxylic acids is 1. The lowest BCUT2D eigenvalue weighted by Gasteiger charge is -2.42. The maximum absolute atomic E-state index is 12.9. The zero-order valence-electron chi connectivity index (χ0n) is 15.2. The summed E-state index contributed by atoms with van der Waals surface area (Å²) >= 11 is 0. The number of nitrogens with zero attached hydrogens (tertiary/aromatic N) is 4. The minimum atomic E-state index is -0.146. The second-order valence-electron chi connectivity index (χ2n) is 7.67. The van der Waals surface area contributed by atoms with E-state index in [1.54, 1.807) is 0 Å². The lowest BCUT2D eigenvalue weighted by molar-refractivity contribution is -0.134. The number of hydrogen-bond donors (Lipinski definition) is 0. The Balaban J connectivity index is 1.60. The van der Waals surface area contributed by atoms with Crippen molar-refractivity contribution in [1.82, 2.24) is 14.9 Å². The van der Waals surface area contributed by atoms with Gasteiger partial charge in [0, 0.05) is 36.0 Å². The molecule has 2 atom stereocenters. The van der Waals surface area contributed by atoms with E-state index in [0.29, 0.717) is 6.04 Å². The highest BCUT2D eigenvalue weighted by Gasteiger charge is 2.42. The molecular weight excluding hydrogens is 324 g/mol. The van der Waals surface area contributed by atoms with E-state index in [4.69, 9.17) is 9.97 Å². The Bertz CT molecular complexity index is 851. The molecule has 1 amide bonds. The van der Waals surface area contributed by atoms with E-state index < -0.39 is 0 Å². The molecule has 1 aliphatic carbocycles. The number of amides is 1. The number of anilines is 1. The minimum Gasteiger partial charge on any atom is -0.342 e. The highest BCUT2D eigenvalue weighted by Crippen LogP contribution is 2.35. The van der Waals surface area contributed by atoms with Gasteiger partial charge in [0.15, 0.2) is 5.82 Å². The van der Waals surface area contributed by atoms with E-state index in [0.717, 1.165) is 62.4 Å². The Morgan fingerprint density at radius 2 is 1.88 bits per heavy atom. The van der Waals surface area contributed by atoms with Gasteiger partial charge in [-0.2, -0.15) is 0 Å². The monoisotopic (exact) mass is 348 g/mol. The average Bonchev–Trinajstić information content (AvgIpc) is 3.33. The predicted octanol–water partition coefficient (Wildman–Crippen LogP) is 2.83. The third-order valence-electron chi connectivity index (χ3n) is 6.11. The van der Waals surface area contributed by atoms with Gasteiger partial charge >= 0.3 is 0 Å². The van der Waals surface area contributed by atoms with E-state index in [9.17, 15) is 4.79 Å². The van der Waals surface area contributed by atoms with Gasteiger partial charge in [-0.05, 0) is 39.0 Å². The average molecular weight is 348 g/mol. The van der Waals surface area contributed by atoms with Crippen LogP contribution in [0.25, 0.3) is 11.4 Å². The van der Waals surface area contributed by atoms with Crippen LogP contribution in [0.3, 0.4) is 0 Å². The Labute approximate surface area is 154 Å². The normalized spacial score (nSPS) is 24.7. The maximum atomic E-state index is 12.9. The predicted molar refractivity (Wildman–Crippen MR) is 101 cm³/mol. The van der Waals surface area contributed by atoms with Crippen LogP contribution in [0.1, 0.15) is 37.4 Å². The molecule has 1 aromatic heterocycles. The highest BCUT2D eigenvalue weighted by atomic mass is 16.2. The molecule has 0 N–H and O–H groups in total. The van der Waals surface area contributed by atoms with Crippen LogP contribution in [0.4, 0.5) is 5.82 Å². The third-order valence-corrected chi connectivity index (χ3v) is 6.11. The van der Waals surface area contributed by atoms with E-state index in [1.165, 1.54) is 11.3 Å². The van der Waals surface area contributed by atoms with Crippen molar-refractivity contribution in [2.24, 2.45) is 0 Å². The first kappa shape index (κ1) is 15.8. The summed E-state index contributed by atoms with van der Waals surface area (Å²) in [6.45, 7) is 3.84. The first-order valence-electron chi connectivity index (χ1n) is 9.74. The topological polar surface area (TPSA) is 49.3 Å². The molecule has 0 radical (unpaired) electrons. The number of piperazine rings is 1. The quantitative estimate of drug-likeness (QED) is 0.837. The largest absolute Gasteiger partial charge is 0.342 e. The molecule has 3 aliphatic rings. The molecule has 5 nitrogen and oxygen atoms in total. The molecule has 2 aliphatic heterocycles. The smallest absolute Gasteiger partial charge is 0.245 e. The molecule has 0 spiro atoms. The van der Waals surface area contributed by atoms with Crippen molar-refractivity contribution in [3.8, 4) is 11.4 Å².